The lowest BCUT2D eigenvalue weighted by Crippen LogP contribution is -2.43. The number of halogens is 2. The van der Waals surface area contributed by atoms with Crippen LogP contribution in [0.3, 0.4) is 0 Å². The molecule has 0 aliphatic carbocycles. The summed E-state index contributed by atoms with van der Waals surface area (Å²) in [6, 6.07) is 3.29. The van der Waals surface area contributed by atoms with Crippen LogP contribution in [0.5, 0.6) is 0 Å². The number of nitrogens with one attached hydrogen (secondary N) is 2. The average molecular weight is 317 g/mol. The number of ether oxygens (including phenoxy) is 1. The molecule has 1 aromatic carbocycles. The molecule has 2 N–H and O–H groups in total. The van der Waals surface area contributed by atoms with Gasteiger partial charge in [-0.2, -0.15) is 0 Å². The predicted octanol–water partition coefficient (Wildman–Crippen LogP) is 1.41. The topological polar surface area (TPSA) is 84.5 Å². The summed E-state index contributed by atoms with van der Waals surface area (Å²) in [7, 11) is 1.33. The van der Waals surface area contributed by atoms with E-state index in [9.17, 15) is 18.8 Å². The highest BCUT2D eigenvalue weighted by Gasteiger charge is 2.21. The van der Waals surface area contributed by atoms with Crippen LogP contribution in [0, 0.1) is 5.82 Å². The number of hydrogen-bond acceptors (Lipinski definition) is 4. The summed E-state index contributed by atoms with van der Waals surface area (Å²) in [6.45, 7) is 1.29. The molecule has 0 aromatic heterocycles. The molecular formula is C13H14ClFN2O4. The molecule has 0 radical (unpaired) electrons. The van der Waals surface area contributed by atoms with Crippen LogP contribution in [0.1, 0.15) is 12.5 Å². The van der Waals surface area contributed by atoms with E-state index >= 15 is 0 Å². The second kappa shape index (κ2) is 7.58. The molecule has 1 atom stereocenters. The van der Waals surface area contributed by atoms with Gasteiger partial charge in [-0.1, -0.05) is 17.7 Å². The molecule has 6 nitrogen and oxygen atoms in total. The zero-order valence-corrected chi connectivity index (χ0v) is 12.2. The highest BCUT2D eigenvalue weighted by atomic mass is 35.5. The molecule has 0 unspecified atom stereocenters. The van der Waals surface area contributed by atoms with Gasteiger partial charge >= 0.3 is 12.0 Å². The van der Waals surface area contributed by atoms with Gasteiger partial charge in [0.1, 0.15) is 5.82 Å². The third-order valence-electron chi connectivity index (χ3n) is 2.52. The third kappa shape index (κ3) is 5.03. The molecule has 0 aliphatic rings. The Balaban J connectivity index is 2.61. The fourth-order valence-corrected chi connectivity index (χ4v) is 1.64. The van der Waals surface area contributed by atoms with Gasteiger partial charge in [-0.25, -0.2) is 9.18 Å². The van der Waals surface area contributed by atoms with Crippen molar-refractivity contribution in [2.24, 2.45) is 0 Å². The van der Waals surface area contributed by atoms with Gasteiger partial charge in [-0.05, 0) is 19.1 Å². The molecule has 3 amide bonds. The maximum Gasteiger partial charge on any atom is 0.321 e. The van der Waals surface area contributed by atoms with E-state index in [2.05, 4.69) is 5.32 Å². The number of carbonyl (C=O) groups is 3. The molecular weight excluding hydrogens is 303 g/mol. The van der Waals surface area contributed by atoms with Crippen molar-refractivity contribution >= 4 is 29.5 Å². The van der Waals surface area contributed by atoms with Crippen molar-refractivity contribution in [3.8, 4) is 0 Å². The molecule has 1 rings (SSSR count). The van der Waals surface area contributed by atoms with Crippen LogP contribution in [0.2, 0.25) is 5.02 Å². The standard InChI is InChI=1S/C13H14ClFN2O4/c1-7(12(19)17-13(20)16-2)21-11(18)6-8-9(14)4-3-5-10(8)15/h3-5,7H,6H2,1-2H3,(H2,16,17,19,20)/t7-/m1/s1. The second-order valence-electron chi connectivity index (χ2n) is 4.08. The van der Waals surface area contributed by atoms with Gasteiger partial charge in [0, 0.05) is 17.6 Å². The molecule has 1 aromatic rings. The minimum atomic E-state index is -1.19. The number of amides is 3. The average Bonchev–Trinajstić information content (AvgIpc) is 2.42. The third-order valence-corrected chi connectivity index (χ3v) is 2.88. The van der Waals surface area contributed by atoms with E-state index in [1.807, 2.05) is 5.32 Å². The summed E-state index contributed by atoms with van der Waals surface area (Å²) in [5.41, 5.74) is -0.0110. The highest BCUT2D eigenvalue weighted by molar-refractivity contribution is 6.31. The lowest BCUT2D eigenvalue weighted by atomic mass is 10.1. The summed E-state index contributed by atoms with van der Waals surface area (Å²) < 4.78 is 18.3. The van der Waals surface area contributed by atoms with Crippen molar-refractivity contribution < 1.29 is 23.5 Å². The first-order valence-corrected chi connectivity index (χ1v) is 6.38. The van der Waals surface area contributed by atoms with E-state index in [1.165, 1.54) is 26.1 Å². The lowest BCUT2D eigenvalue weighted by molar-refractivity contribution is -0.153. The van der Waals surface area contributed by atoms with E-state index in [0.29, 0.717) is 0 Å². The molecule has 0 heterocycles. The molecule has 0 bridgehead atoms. The molecule has 0 spiro atoms. The van der Waals surface area contributed by atoms with E-state index in [4.69, 9.17) is 16.3 Å². The lowest BCUT2D eigenvalue weighted by Gasteiger charge is -2.13. The maximum absolute atomic E-state index is 13.5. The summed E-state index contributed by atoms with van der Waals surface area (Å²) in [5, 5.41) is 4.23. The SMILES string of the molecule is CNC(=O)NC(=O)[C@@H](C)OC(=O)Cc1c(F)cccc1Cl. The Labute approximate surface area is 125 Å². The summed E-state index contributed by atoms with van der Waals surface area (Å²) in [6.07, 6.45) is -1.61. The van der Waals surface area contributed by atoms with E-state index in [1.54, 1.807) is 0 Å². The van der Waals surface area contributed by atoms with E-state index in [-0.39, 0.29) is 10.6 Å². The normalized spacial score (nSPS) is 11.4. The van der Waals surface area contributed by atoms with Gasteiger partial charge in [-0.15, -0.1) is 0 Å². The molecule has 8 heteroatoms. The quantitative estimate of drug-likeness (QED) is 0.823. The minimum Gasteiger partial charge on any atom is -0.452 e. The van der Waals surface area contributed by atoms with Crippen LogP contribution in [0.15, 0.2) is 18.2 Å². The van der Waals surface area contributed by atoms with E-state index in [0.717, 1.165) is 6.07 Å². The van der Waals surface area contributed by atoms with Crippen molar-refractivity contribution in [2.75, 3.05) is 7.05 Å². The number of rotatable bonds is 4. The van der Waals surface area contributed by atoms with Crippen LogP contribution < -0.4 is 10.6 Å². The fourth-order valence-electron chi connectivity index (χ4n) is 1.41. The smallest absolute Gasteiger partial charge is 0.321 e. The Morgan fingerprint density at radius 3 is 2.62 bits per heavy atom. The minimum absolute atomic E-state index is 0.0110. The molecule has 114 valence electrons. The Morgan fingerprint density at radius 1 is 1.38 bits per heavy atom. The number of carbonyl (C=O) groups excluding carboxylic acids is 3. The maximum atomic E-state index is 13.5. The zero-order valence-electron chi connectivity index (χ0n) is 11.4. The Morgan fingerprint density at radius 2 is 2.05 bits per heavy atom. The first kappa shape index (κ1) is 16.9. The zero-order chi connectivity index (χ0) is 16.0. The van der Waals surface area contributed by atoms with Crippen molar-refractivity contribution in [3.63, 3.8) is 0 Å². The number of urea groups is 1. The van der Waals surface area contributed by atoms with Crippen LogP contribution in [0.25, 0.3) is 0 Å². The van der Waals surface area contributed by atoms with Gasteiger partial charge < -0.3 is 10.1 Å². The second-order valence-corrected chi connectivity index (χ2v) is 4.48. The van der Waals surface area contributed by atoms with E-state index < -0.39 is 36.2 Å². The number of imide groups is 1. The number of esters is 1. The van der Waals surface area contributed by atoms with Crippen LogP contribution in [-0.4, -0.2) is 31.1 Å². The van der Waals surface area contributed by atoms with Crippen LogP contribution in [-0.2, 0) is 20.7 Å². The summed E-state index contributed by atoms with van der Waals surface area (Å²) in [5.74, 6) is -2.26. The molecule has 0 fully saturated rings. The highest BCUT2D eigenvalue weighted by Crippen LogP contribution is 2.19. The van der Waals surface area contributed by atoms with Gasteiger partial charge in [0.25, 0.3) is 5.91 Å². The van der Waals surface area contributed by atoms with Crippen molar-refractivity contribution in [2.45, 2.75) is 19.4 Å². The number of hydrogen-bond donors (Lipinski definition) is 2. The summed E-state index contributed by atoms with van der Waals surface area (Å²) in [4.78, 5) is 34.1. The molecule has 0 aliphatic heterocycles. The molecule has 0 saturated heterocycles. The number of benzene rings is 1. The monoisotopic (exact) mass is 316 g/mol. The molecule has 0 saturated carbocycles. The van der Waals surface area contributed by atoms with Crippen LogP contribution in [0.4, 0.5) is 9.18 Å². The van der Waals surface area contributed by atoms with Crippen molar-refractivity contribution in [1.29, 1.82) is 0 Å². The van der Waals surface area contributed by atoms with Crippen molar-refractivity contribution in [3.05, 3.63) is 34.6 Å². The van der Waals surface area contributed by atoms with Gasteiger partial charge in [-0.3, -0.25) is 14.9 Å². The first-order valence-electron chi connectivity index (χ1n) is 6.00. The van der Waals surface area contributed by atoms with Gasteiger partial charge in [0.05, 0.1) is 6.42 Å². The first-order chi connectivity index (χ1) is 9.85. The predicted molar refractivity (Wildman–Crippen MR) is 73.3 cm³/mol. The fraction of sp³-hybridized carbons (Fsp3) is 0.308. The molecule has 21 heavy (non-hydrogen) atoms. The van der Waals surface area contributed by atoms with Crippen molar-refractivity contribution in [1.82, 2.24) is 10.6 Å². The van der Waals surface area contributed by atoms with Gasteiger partial charge in [0.15, 0.2) is 6.10 Å². The largest absolute Gasteiger partial charge is 0.452 e. The van der Waals surface area contributed by atoms with Gasteiger partial charge in [0.2, 0.25) is 0 Å². The Hall–Kier alpha value is -2.15. The summed E-state index contributed by atoms with van der Waals surface area (Å²) >= 11 is 5.78. The Bertz CT molecular complexity index is 545. The Kier molecular flexibility index (Phi) is 6.10. The van der Waals surface area contributed by atoms with Crippen LogP contribution >= 0.6 is 11.6 Å².